The van der Waals surface area contributed by atoms with Gasteiger partial charge in [-0.1, -0.05) is 24.3 Å². The highest BCUT2D eigenvalue weighted by atomic mass is 32.2. The monoisotopic (exact) mass is 455 g/mol. The van der Waals surface area contributed by atoms with E-state index in [0.717, 1.165) is 18.4 Å². The minimum atomic E-state index is -0.728. The molecule has 0 saturated heterocycles. The van der Waals surface area contributed by atoms with Gasteiger partial charge in [0.25, 0.3) is 11.6 Å². The van der Waals surface area contributed by atoms with E-state index in [1.165, 1.54) is 48.2 Å². The molecule has 2 aromatic rings. The van der Waals surface area contributed by atoms with Crippen molar-refractivity contribution < 1.29 is 14.5 Å². The smallest absolute Gasteiger partial charge is 0.270 e. The van der Waals surface area contributed by atoms with E-state index in [1.54, 1.807) is 11.8 Å². The van der Waals surface area contributed by atoms with E-state index in [1.807, 2.05) is 13.2 Å². The minimum absolute atomic E-state index is 0.156. The normalized spacial score (nSPS) is 14.7. The van der Waals surface area contributed by atoms with Gasteiger partial charge in [-0.3, -0.25) is 19.7 Å². The number of nitro groups is 1. The van der Waals surface area contributed by atoms with Crippen molar-refractivity contribution >= 4 is 29.3 Å². The van der Waals surface area contributed by atoms with Gasteiger partial charge in [-0.05, 0) is 73.8 Å². The van der Waals surface area contributed by atoms with E-state index in [9.17, 15) is 19.7 Å². The molecule has 2 aromatic carbocycles. The number of amides is 2. The van der Waals surface area contributed by atoms with Gasteiger partial charge in [0, 0.05) is 17.7 Å². The van der Waals surface area contributed by atoms with Crippen LogP contribution in [0, 0.1) is 10.1 Å². The zero-order valence-electron chi connectivity index (χ0n) is 18.4. The molecule has 0 radical (unpaired) electrons. The molecular weight excluding hydrogens is 426 g/mol. The Morgan fingerprint density at radius 3 is 2.56 bits per heavy atom. The summed E-state index contributed by atoms with van der Waals surface area (Å²) in [5.74, 6) is -0.0694. The average molecular weight is 456 g/mol. The first-order valence-corrected chi connectivity index (χ1v) is 12.2. The lowest BCUT2D eigenvalue weighted by Crippen LogP contribution is -2.47. The molecule has 7 nitrogen and oxygen atoms in total. The number of hydrogen-bond acceptors (Lipinski definition) is 5. The fourth-order valence-corrected chi connectivity index (χ4v) is 4.40. The van der Waals surface area contributed by atoms with Crippen LogP contribution < -0.4 is 10.6 Å². The van der Waals surface area contributed by atoms with Crippen LogP contribution in [-0.2, 0) is 17.6 Å². The van der Waals surface area contributed by atoms with E-state index in [4.69, 9.17) is 0 Å². The molecule has 0 fully saturated rings. The van der Waals surface area contributed by atoms with Crippen LogP contribution >= 0.6 is 11.8 Å². The van der Waals surface area contributed by atoms with Gasteiger partial charge in [-0.25, -0.2) is 0 Å². The number of nitrogens with one attached hydrogen (secondary N) is 2. The van der Waals surface area contributed by atoms with Crippen LogP contribution in [0.1, 0.15) is 59.3 Å². The first-order chi connectivity index (χ1) is 15.4. The van der Waals surface area contributed by atoms with Crippen LogP contribution in [0.4, 0.5) is 5.69 Å². The van der Waals surface area contributed by atoms with Crippen LogP contribution in [0.2, 0.25) is 0 Å². The Balaban J connectivity index is 1.69. The number of nitrogens with zero attached hydrogens (tertiary/aromatic N) is 1. The van der Waals surface area contributed by atoms with Crippen molar-refractivity contribution in [3.05, 3.63) is 74.8 Å². The second kappa shape index (κ2) is 11.1. The molecule has 170 valence electrons. The molecule has 1 aliphatic carbocycles. The van der Waals surface area contributed by atoms with Crippen molar-refractivity contribution in [3.63, 3.8) is 0 Å². The van der Waals surface area contributed by atoms with E-state index in [2.05, 4.69) is 28.8 Å². The number of carbonyl (C=O) groups excluding carboxylic acids is 2. The van der Waals surface area contributed by atoms with Crippen molar-refractivity contribution in [1.82, 2.24) is 10.6 Å². The number of rotatable bonds is 9. The number of carbonyl (C=O) groups is 2. The predicted octanol–water partition coefficient (Wildman–Crippen LogP) is 4.20. The summed E-state index contributed by atoms with van der Waals surface area (Å²) in [5, 5.41) is 16.8. The number of non-ortho nitro benzene ring substituents is 1. The molecular formula is C24H29N3O4S. The first-order valence-electron chi connectivity index (χ1n) is 10.9. The highest BCUT2D eigenvalue weighted by molar-refractivity contribution is 7.98. The van der Waals surface area contributed by atoms with Crippen molar-refractivity contribution in [3.8, 4) is 0 Å². The lowest BCUT2D eigenvalue weighted by molar-refractivity contribution is -0.384. The number of benzene rings is 2. The minimum Gasteiger partial charge on any atom is -0.348 e. The van der Waals surface area contributed by atoms with E-state index in [-0.39, 0.29) is 23.2 Å². The van der Waals surface area contributed by atoms with Gasteiger partial charge in [0.2, 0.25) is 5.91 Å². The van der Waals surface area contributed by atoms with Gasteiger partial charge >= 0.3 is 0 Å². The zero-order chi connectivity index (χ0) is 23.1. The molecule has 2 atom stereocenters. The van der Waals surface area contributed by atoms with E-state index in [0.29, 0.717) is 12.2 Å². The lowest BCUT2D eigenvalue weighted by atomic mass is 9.89. The van der Waals surface area contributed by atoms with Gasteiger partial charge in [-0.15, -0.1) is 0 Å². The molecule has 8 heteroatoms. The third-order valence-electron chi connectivity index (χ3n) is 5.78. The number of aryl methyl sites for hydroxylation is 2. The van der Waals surface area contributed by atoms with Crippen LogP contribution in [-0.4, -0.2) is 34.8 Å². The molecule has 0 bridgehead atoms. The Kier molecular flexibility index (Phi) is 8.27. The predicted molar refractivity (Wildman–Crippen MR) is 127 cm³/mol. The molecule has 32 heavy (non-hydrogen) atoms. The molecule has 2 N–H and O–H groups in total. The van der Waals surface area contributed by atoms with Gasteiger partial charge in [-0.2, -0.15) is 11.8 Å². The van der Waals surface area contributed by atoms with Crippen LogP contribution in [0.25, 0.3) is 0 Å². The molecule has 1 aliphatic rings. The number of thioether (sulfide) groups is 1. The maximum atomic E-state index is 13.0. The Bertz CT molecular complexity index is 995. The molecule has 2 amide bonds. The van der Waals surface area contributed by atoms with E-state index < -0.39 is 16.9 Å². The van der Waals surface area contributed by atoms with Gasteiger partial charge in [0.1, 0.15) is 6.04 Å². The molecule has 0 heterocycles. The summed E-state index contributed by atoms with van der Waals surface area (Å²) in [4.78, 5) is 36.2. The molecule has 0 spiro atoms. The molecule has 3 rings (SSSR count). The molecule has 0 saturated carbocycles. The summed E-state index contributed by atoms with van der Waals surface area (Å²) in [6, 6.07) is 11.0. The Morgan fingerprint density at radius 2 is 1.84 bits per heavy atom. The summed E-state index contributed by atoms with van der Waals surface area (Å²) >= 11 is 1.59. The molecule has 0 aliphatic heterocycles. The van der Waals surface area contributed by atoms with Gasteiger partial charge in [0.05, 0.1) is 11.0 Å². The number of hydrogen-bond donors (Lipinski definition) is 2. The third-order valence-corrected chi connectivity index (χ3v) is 6.43. The SMILES string of the molecule is CSCCC(NC(=O)c1cccc([N+](=O)[O-])c1)C(=O)NC(C)c1ccc2c(c1)CCCC2. The third kappa shape index (κ3) is 6.09. The Labute approximate surface area is 192 Å². The first kappa shape index (κ1) is 23.8. The molecule has 0 aromatic heterocycles. The zero-order valence-corrected chi connectivity index (χ0v) is 19.2. The van der Waals surface area contributed by atoms with Crippen molar-refractivity contribution in [2.45, 2.75) is 51.1 Å². The van der Waals surface area contributed by atoms with Crippen LogP contribution in [0.15, 0.2) is 42.5 Å². The maximum absolute atomic E-state index is 13.0. The van der Waals surface area contributed by atoms with Crippen molar-refractivity contribution in [2.24, 2.45) is 0 Å². The number of nitro benzene ring substituents is 1. The summed E-state index contributed by atoms with van der Waals surface area (Å²) < 4.78 is 0. The second-order valence-electron chi connectivity index (χ2n) is 8.08. The average Bonchev–Trinajstić information content (AvgIpc) is 2.81. The maximum Gasteiger partial charge on any atom is 0.270 e. The second-order valence-corrected chi connectivity index (χ2v) is 9.07. The highest BCUT2D eigenvalue weighted by Crippen LogP contribution is 2.25. The fraction of sp³-hybridized carbons (Fsp3) is 0.417. The summed E-state index contributed by atoms with van der Waals surface area (Å²) in [6.07, 6.45) is 6.99. The lowest BCUT2D eigenvalue weighted by Gasteiger charge is -2.23. The van der Waals surface area contributed by atoms with Crippen molar-refractivity contribution in [2.75, 3.05) is 12.0 Å². The summed E-state index contributed by atoms with van der Waals surface area (Å²) in [6.45, 7) is 1.94. The van der Waals surface area contributed by atoms with Gasteiger partial charge in [0.15, 0.2) is 0 Å². The largest absolute Gasteiger partial charge is 0.348 e. The van der Waals surface area contributed by atoms with Crippen molar-refractivity contribution in [1.29, 1.82) is 0 Å². The van der Waals surface area contributed by atoms with Crippen LogP contribution in [0.3, 0.4) is 0 Å². The fourth-order valence-electron chi connectivity index (χ4n) is 3.93. The van der Waals surface area contributed by atoms with Gasteiger partial charge < -0.3 is 10.6 Å². The summed E-state index contributed by atoms with van der Waals surface area (Å²) in [7, 11) is 0. The summed E-state index contributed by atoms with van der Waals surface area (Å²) in [5.41, 5.74) is 3.79. The Morgan fingerprint density at radius 1 is 1.09 bits per heavy atom. The van der Waals surface area contributed by atoms with Crippen LogP contribution in [0.5, 0.6) is 0 Å². The standard InChI is InChI=1S/C24H29N3O4S/c1-16(18-11-10-17-6-3-4-7-19(17)14-18)25-24(29)22(12-13-32-2)26-23(28)20-8-5-9-21(15-20)27(30)31/h5,8-11,14-16,22H,3-4,6-7,12-13H2,1-2H3,(H,25,29)(H,26,28). The number of fused-ring (bicyclic) bond motifs is 1. The van der Waals surface area contributed by atoms with E-state index >= 15 is 0 Å². The topological polar surface area (TPSA) is 101 Å². The molecule has 2 unspecified atom stereocenters. The highest BCUT2D eigenvalue weighted by Gasteiger charge is 2.24. The Hall–Kier alpha value is -2.87. The quantitative estimate of drug-likeness (QED) is 0.436.